The summed E-state index contributed by atoms with van der Waals surface area (Å²) in [6.07, 6.45) is 1.04. The van der Waals surface area contributed by atoms with Gasteiger partial charge in [0, 0.05) is 5.69 Å². The summed E-state index contributed by atoms with van der Waals surface area (Å²) in [5, 5.41) is 11.6. The van der Waals surface area contributed by atoms with Gasteiger partial charge in [0.25, 0.3) is 0 Å². The lowest BCUT2D eigenvalue weighted by molar-refractivity contribution is -0.114. The Hall–Kier alpha value is -2.85. The van der Waals surface area contributed by atoms with Crippen molar-refractivity contribution in [3.8, 4) is 6.07 Å². The molecule has 0 atom stereocenters. The molecule has 0 aliphatic heterocycles. The standard InChI is InChI=1S/C18H19N3O3S/c1-13-5-4-6-14(2)18(13)20-17(22)12-21(25(3,23)24)16-9-7-15(11-19)8-10-16/h4-10H,12H2,1-3H3,(H,20,22). The fourth-order valence-corrected chi connectivity index (χ4v) is 3.28. The average molecular weight is 357 g/mol. The van der Waals surface area contributed by atoms with Crippen LogP contribution in [-0.4, -0.2) is 27.1 Å². The number of benzene rings is 2. The third kappa shape index (κ3) is 4.58. The zero-order valence-corrected chi connectivity index (χ0v) is 15.1. The van der Waals surface area contributed by atoms with Gasteiger partial charge < -0.3 is 5.32 Å². The zero-order valence-electron chi connectivity index (χ0n) is 14.3. The third-order valence-electron chi connectivity index (χ3n) is 3.72. The molecule has 2 aromatic rings. The van der Waals surface area contributed by atoms with E-state index in [0.29, 0.717) is 16.9 Å². The number of nitrogens with one attached hydrogen (secondary N) is 1. The molecule has 0 fully saturated rings. The van der Waals surface area contributed by atoms with Gasteiger partial charge in [0.1, 0.15) is 6.54 Å². The minimum absolute atomic E-state index is 0.332. The van der Waals surface area contributed by atoms with E-state index in [0.717, 1.165) is 21.7 Å². The molecule has 0 spiro atoms. The number of nitrogens with zero attached hydrogens (tertiary/aromatic N) is 2. The van der Waals surface area contributed by atoms with Crippen molar-refractivity contribution in [2.24, 2.45) is 0 Å². The maximum Gasteiger partial charge on any atom is 0.245 e. The molecule has 0 aromatic heterocycles. The normalized spacial score (nSPS) is 10.8. The molecular weight excluding hydrogens is 338 g/mol. The first-order chi connectivity index (χ1) is 11.7. The molecule has 6 nitrogen and oxygen atoms in total. The van der Waals surface area contributed by atoms with E-state index in [4.69, 9.17) is 5.26 Å². The van der Waals surface area contributed by atoms with Gasteiger partial charge in [-0.1, -0.05) is 18.2 Å². The Balaban J connectivity index is 2.25. The molecule has 0 saturated heterocycles. The second-order valence-electron chi connectivity index (χ2n) is 5.74. The van der Waals surface area contributed by atoms with Crippen LogP contribution in [-0.2, 0) is 14.8 Å². The molecule has 0 radical (unpaired) electrons. The van der Waals surface area contributed by atoms with Crippen molar-refractivity contribution in [1.82, 2.24) is 0 Å². The minimum Gasteiger partial charge on any atom is -0.324 e. The Kier molecular flexibility index (Phi) is 5.45. The van der Waals surface area contributed by atoms with Crippen LogP contribution >= 0.6 is 0 Å². The van der Waals surface area contributed by atoms with Gasteiger partial charge in [0.05, 0.1) is 23.6 Å². The molecular formula is C18H19N3O3S. The van der Waals surface area contributed by atoms with Gasteiger partial charge in [-0.05, 0) is 49.2 Å². The van der Waals surface area contributed by atoms with Crippen LogP contribution in [0.25, 0.3) is 0 Å². The van der Waals surface area contributed by atoms with E-state index >= 15 is 0 Å². The molecule has 1 N–H and O–H groups in total. The highest BCUT2D eigenvalue weighted by molar-refractivity contribution is 7.92. The molecule has 0 saturated carbocycles. The van der Waals surface area contributed by atoms with Crippen LogP contribution in [0, 0.1) is 25.2 Å². The van der Waals surface area contributed by atoms with E-state index in [-0.39, 0.29) is 6.54 Å². The quantitative estimate of drug-likeness (QED) is 0.890. The van der Waals surface area contributed by atoms with Crippen molar-refractivity contribution in [3.05, 3.63) is 59.2 Å². The third-order valence-corrected chi connectivity index (χ3v) is 4.86. The van der Waals surface area contributed by atoms with Crippen molar-refractivity contribution >= 4 is 27.3 Å². The maximum atomic E-state index is 12.4. The van der Waals surface area contributed by atoms with E-state index < -0.39 is 15.9 Å². The summed E-state index contributed by atoms with van der Waals surface area (Å²) in [5.74, 6) is -0.438. The number of hydrogen-bond donors (Lipinski definition) is 1. The number of carbonyl (C=O) groups is 1. The monoisotopic (exact) mass is 357 g/mol. The molecule has 0 aliphatic rings. The Morgan fingerprint density at radius 3 is 2.16 bits per heavy atom. The Labute approximate surface area is 147 Å². The number of hydrogen-bond acceptors (Lipinski definition) is 4. The van der Waals surface area contributed by atoms with Crippen LogP contribution < -0.4 is 9.62 Å². The SMILES string of the molecule is Cc1cccc(C)c1NC(=O)CN(c1ccc(C#N)cc1)S(C)(=O)=O. The van der Waals surface area contributed by atoms with E-state index in [1.54, 1.807) is 0 Å². The zero-order chi connectivity index (χ0) is 18.6. The summed E-state index contributed by atoms with van der Waals surface area (Å²) in [4.78, 5) is 12.4. The van der Waals surface area contributed by atoms with Crippen LogP contribution in [0.2, 0.25) is 0 Å². The Bertz CT molecular complexity index is 909. The molecule has 1 amide bonds. The summed E-state index contributed by atoms with van der Waals surface area (Å²) in [5.41, 5.74) is 3.23. The molecule has 2 rings (SSSR count). The summed E-state index contributed by atoms with van der Waals surface area (Å²) in [7, 11) is -3.66. The number of para-hydroxylation sites is 1. The number of rotatable bonds is 5. The van der Waals surface area contributed by atoms with E-state index in [1.165, 1.54) is 24.3 Å². The predicted molar refractivity (Wildman–Crippen MR) is 97.9 cm³/mol. The van der Waals surface area contributed by atoms with E-state index in [2.05, 4.69) is 5.32 Å². The molecule has 130 valence electrons. The van der Waals surface area contributed by atoms with Crippen molar-refractivity contribution in [2.75, 3.05) is 22.4 Å². The van der Waals surface area contributed by atoms with Crippen LogP contribution in [0.3, 0.4) is 0 Å². The van der Waals surface area contributed by atoms with Gasteiger partial charge in [0.15, 0.2) is 0 Å². The summed E-state index contributed by atoms with van der Waals surface area (Å²) in [6.45, 7) is 3.40. The molecule has 0 heterocycles. The molecule has 25 heavy (non-hydrogen) atoms. The van der Waals surface area contributed by atoms with Crippen LogP contribution in [0.4, 0.5) is 11.4 Å². The van der Waals surface area contributed by atoms with Crippen molar-refractivity contribution in [3.63, 3.8) is 0 Å². The van der Waals surface area contributed by atoms with Gasteiger partial charge in [-0.15, -0.1) is 0 Å². The number of nitriles is 1. The fourth-order valence-electron chi connectivity index (χ4n) is 2.42. The number of amides is 1. The second-order valence-corrected chi connectivity index (χ2v) is 7.65. The first-order valence-electron chi connectivity index (χ1n) is 7.56. The fraction of sp³-hybridized carbons (Fsp3) is 0.222. The molecule has 0 aliphatic carbocycles. The topological polar surface area (TPSA) is 90.3 Å². The highest BCUT2D eigenvalue weighted by atomic mass is 32.2. The number of aryl methyl sites for hydroxylation is 2. The summed E-state index contributed by atoms with van der Waals surface area (Å²) in [6, 6.07) is 13.6. The first kappa shape index (κ1) is 18.5. The molecule has 0 bridgehead atoms. The van der Waals surface area contributed by atoms with Gasteiger partial charge in [0.2, 0.25) is 15.9 Å². The smallest absolute Gasteiger partial charge is 0.245 e. The largest absolute Gasteiger partial charge is 0.324 e. The molecule has 0 unspecified atom stereocenters. The number of anilines is 2. The van der Waals surface area contributed by atoms with Crippen molar-refractivity contribution in [2.45, 2.75) is 13.8 Å². The highest BCUT2D eigenvalue weighted by Gasteiger charge is 2.21. The summed E-state index contributed by atoms with van der Waals surface area (Å²) >= 11 is 0. The van der Waals surface area contributed by atoms with Crippen LogP contribution in [0.5, 0.6) is 0 Å². The average Bonchev–Trinajstić information content (AvgIpc) is 2.55. The maximum absolute atomic E-state index is 12.4. The van der Waals surface area contributed by atoms with Gasteiger partial charge >= 0.3 is 0 Å². The first-order valence-corrected chi connectivity index (χ1v) is 9.41. The Morgan fingerprint density at radius 2 is 1.68 bits per heavy atom. The van der Waals surface area contributed by atoms with Gasteiger partial charge in [-0.3, -0.25) is 9.10 Å². The molecule has 2 aromatic carbocycles. The lowest BCUT2D eigenvalue weighted by Gasteiger charge is -2.22. The predicted octanol–water partition coefficient (Wildman–Crippen LogP) is 2.58. The van der Waals surface area contributed by atoms with Crippen LogP contribution in [0.15, 0.2) is 42.5 Å². The summed E-state index contributed by atoms with van der Waals surface area (Å²) < 4.78 is 25.2. The van der Waals surface area contributed by atoms with Gasteiger partial charge in [-0.2, -0.15) is 5.26 Å². The lowest BCUT2D eigenvalue weighted by Crippen LogP contribution is -2.37. The highest BCUT2D eigenvalue weighted by Crippen LogP contribution is 2.21. The minimum atomic E-state index is -3.66. The number of carbonyl (C=O) groups excluding carboxylic acids is 1. The van der Waals surface area contributed by atoms with Crippen molar-refractivity contribution < 1.29 is 13.2 Å². The van der Waals surface area contributed by atoms with E-state index in [1.807, 2.05) is 38.1 Å². The molecule has 7 heteroatoms. The number of sulfonamides is 1. The second kappa shape index (κ2) is 7.36. The van der Waals surface area contributed by atoms with Crippen LogP contribution in [0.1, 0.15) is 16.7 Å². The Morgan fingerprint density at radius 1 is 1.12 bits per heavy atom. The lowest BCUT2D eigenvalue weighted by atomic mass is 10.1. The van der Waals surface area contributed by atoms with E-state index in [9.17, 15) is 13.2 Å². The van der Waals surface area contributed by atoms with Crippen molar-refractivity contribution in [1.29, 1.82) is 5.26 Å². The van der Waals surface area contributed by atoms with Gasteiger partial charge in [-0.25, -0.2) is 8.42 Å².